The van der Waals surface area contributed by atoms with Crippen LogP contribution in [-0.4, -0.2) is 34.6 Å². The van der Waals surface area contributed by atoms with Crippen molar-refractivity contribution in [2.75, 3.05) is 0 Å². The second-order valence-corrected chi connectivity index (χ2v) is 9.37. The second kappa shape index (κ2) is 7.62. The zero-order valence-electron chi connectivity index (χ0n) is 16.1. The van der Waals surface area contributed by atoms with E-state index in [2.05, 4.69) is 21.2 Å². The quantitative estimate of drug-likeness (QED) is 0.552. The number of amides is 4. The molecular formula is C23H15BrN2O4S. The van der Waals surface area contributed by atoms with Gasteiger partial charge < -0.3 is 0 Å². The van der Waals surface area contributed by atoms with Crippen LogP contribution in [0, 0.1) is 0 Å². The van der Waals surface area contributed by atoms with Crippen LogP contribution < -0.4 is 5.32 Å². The number of benzene rings is 3. The lowest BCUT2D eigenvalue weighted by Gasteiger charge is -2.34. The third-order valence-corrected chi connectivity index (χ3v) is 7.07. The van der Waals surface area contributed by atoms with E-state index in [9.17, 15) is 19.2 Å². The van der Waals surface area contributed by atoms with Crippen LogP contribution in [0.25, 0.3) is 10.8 Å². The molecule has 0 aromatic heterocycles. The van der Waals surface area contributed by atoms with E-state index in [4.69, 9.17) is 0 Å². The average molecular weight is 495 g/mol. The molecule has 5 rings (SSSR count). The lowest BCUT2D eigenvalue weighted by atomic mass is 9.91. The molecule has 0 radical (unpaired) electrons. The van der Waals surface area contributed by atoms with Crippen molar-refractivity contribution in [3.05, 3.63) is 70.2 Å². The highest BCUT2D eigenvalue weighted by Gasteiger charge is 2.42. The van der Waals surface area contributed by atoms with E-state index in [-0.39, 0.29) is 12.8 Å². The summed E-state index contributed by atoms with van der Waals surface area (Å²) in [5.41, 5.74) is 0.769. The van der Waals surface area contributed by atoms with Crippen LogP contribution in [0.3, 0.4) is 0 Å². The van der Waals surface area contributed by atoms with Crippen LogP contribution >= 0.6 is 27.7 Å². The first-order chi connectivity index (χ1) is 14.9. The molecule has 3 aromatic carbocycles. The molecule has 31 heavy (non-hydrogen) atoms. The minimum atomic E-state index is -0.988. The molecule has 2 heterocycles. The highest BCUT2D eigenvalue weighted by molar-refractivity contribution is 9.10. The van der Waals surface area contributed by atoms with Gasteiger partial charge in [-0.3, -0.25) is 29.4 Å². The first-order valence-corrected chi connectivity index (χ1v) is 11.3. The van der Waals surface area contributed by atoms with E-state index in [1.165, 1.54) is 0 Å². The van der Waals surface area contributed by atoms with Gasteiger partial charge in [0.25, 0.3) is 11.8 Å². The highest BCUT2D eigenvalue weighted by Crippen LogP contribution is 2.39. The molecule has 6 nitrogen and oxygen atoms in total. The summed E-state index contributed by atoms with van der Waals surface area (Å²) in [6.45, 7) is 0. The molecule has 2 aliphatic heterocycles. The van der Waals surface area contributed by atoms with Crippen LogP contribution in [0.15, 0.2) is 68.9 Å². The van der Waals surface area contributed by atoms with E-state index >= 15 is 0 Å². The number of rotatable bonds is 3. The van der Waals surface area contributed by atoms with Gasteiger partial charge in [-0.05, 0) is 54.3 Å². The summed E-state index contributed by atoms with van der Waals surface area (Å²) in [6.07, 6.45) is 0.220. The second-order valence-electron chi connectivity index (χ2n) is 7.34. The van der Waals surface area contributed by atoms with Gasteiger partial charge in [0.15, 0.2) is 0 Å². The Bertz CT molecular complexity index is 1270. The van der Waals surface area contributed by atoms with Gasteiger partial charge in [0.05, 0.1) is 0 Å². The van der Waals surface area contributed by atoms with Gasteiger partial charge >= 0.3 is 0 Å². The standard InChI is InChI=1S/C23H15BrN2O4S/c24-12-4-6-13(7-5-12)31-18-10-8-16-20-14(18)2-1-3-15(20)22(29)26(23(16)30)17-9-11-19(27)25-21(17)28/h1-8,10,17H,9,11H2,(H,25,27,28). The molecular weight excluding hydrogens is 480 g/mol. The summed E-state index contributed by atoms with van der Waals surface area (Å²) in [5.74, 6) is -2.03. The van der Waals surface area contributed by atoms with Crippen LogP contribution in [0.5, 0.6) is 0 Å². The molecule has 0 saturated carbocycles. The molecule has 154 valence electrons. The Hall–Kier alpha value is -2.97. The third-order valence-electron chi connectivity index (χ3n) is 5.46. The third kappa shape index (κ3) is 3.36. The maximum absolute atomic E-state index is 13.3. The summed E-state index contributed by atoms with van der Waals surface area (Å²) in [5, 5.41) is 3.64. The van der Waals surface area contributed by atoms with Gasteiger partial charge in [-0.25, -0.2) is 0 Å². The lowest BCUT2D eigenvalue weighted by Crippen LogP contribution is -2.57. The van der Waals surface area contributed by atoms with Crippen molar-refractivity contribution in [1.82, 2.24) is 10.2 Å². The van der Waals surface area contributed by atoms with Crippen LogP contribution in [0.2, 0.25) is 0 Å². The SMILES string of the molecule is O=C1CCC(N2C(=O)c3cccc4c(Sc5ccc(Br)cc5)ccc(c34)C2=O)C(=O)N1. The number of nitrogens with one attached hydrogen (secondary N) is 1. The molecule has 0 bridgehead atoms. The number of hydrogen-bond acceptors (Lipinski definition) is 5. The molecule has 3 aromatic rings. The Labute approximate surface area is 190 Å². The topological polar surface area (TPSA) is 83.6 Å². The Kier molecular flexibility index (Phi) is 4.91. The monoisotopic (exact) mass is 494 g/mol. The number of hydrogen-bond donors (Lipinski definition) is 1. The summed E-state index contributed by atoms with van der Waals surface area (Å²) in [7, 11) is 0. The average Bonchev–Trinajstić information content (AvgIpc) is 2.76. The van der Waals surface area contributed by atoms with Crippen molar-refractivity contribution in [2.24, 2.45) is 0 Å². The first-order valence-electron chi connectivity index (χ1n) is 9.65. The Balaban J connectivity index is 1.58. The molecule has 0 aliphatic carbocycles. The number of halogens is 1. The first kappa shape index (κ1) is 20.0. The molecule has 2 aliphatic rings. The molecule has 8 heteroatoms. The Morgan fingerprint density at radius 3 is 2.32 bits per heavy atom. The van der Waals surface area contributed by atoms with Crippen LogP contribution in [-0.2, 0) is 9.59 Å². The summed E-state index contributed by atoms with van der Waals surface area (Å²) in [4.78, 5) is 53.4. The molecule has 1 unspecified atom stereocenters. The smallest absolute Gasteiger partial charge is 0.262 e. The van der Waals surface area contributed by atoms with Crippen molar-refractivity contribution in [2.45, 2.75) is 28.7 Å². The predicted octanol–water partition coefficient (Wildman–Crippen LogP) is 4.15. The van der Waals surface area contributed by atoms with Gasteiger partial charge in [-0.15, -0.1) is 0 Å². The van der Waals surface area contributed by atoms with Gasteiger partial charge in [0, 0.05) is 37.2 Å². The fourth-order valence-electron chi connectivity index (χ4n) is 4.02. The number of piperidine rings is 1. The van der Waals surface area contributed by atoms with Gasteiger partial charge in [0.1, 0.15) is 6.04 Å². The van der Waals surface area contributed by atoms with Crippen molar-refractivity contribution in [3.8, 4) is 0 Å². The zero-order chi connectivity index (χ0) is 21.7. The zero-order valence-corrected chi connectivity index (χ0v) is 18.5. The summed E-state index contributed by atoms with van der Waals surface area (Å²) >= 11 is 4.98. The van der Waals surface area contributed by atoms with Crippen molar-refractivity contribution in [1.29, 1.82) is 0 Å². The van der Waals surface area contributed by atoms with Crippen molar-refractivity contribution < 1.29 is 19.2 Å². The Morgan fingerprint density at radius 2 is 1.61 bits per heavy atom. The van der Waals surface area contributed by atoms with E-state index in [1.54, 1.807) is 30.0 Å². The molecule has 1 atom stereocenters. The van der Waals surface area contributed by atoms with Gasteiger partial charge in [-0.1, -0.05) is 39.8 Å². The number of carbonyl (C=O) groups is 4. The molecule has 1 fully saturated rings. The minimum Gasteiger partial charge on any atom is -0.295 e. The highest BCUT2D eigenvalue weighted by atomic mass is 79.9. The fraction of sp³-hybridized carbons (Fsp3) is 0.130. The predicted molar refractivity (Wildman–Crippen MR) is 119 cm³/mol. The van der Waals surface area contributed by atoms with Crippen LogP contribution in [0.4, 0.5) is 0 Å². The molecule has 0 spiro atoms. The maximum atomic E-state index is 13.3. The van der Waals surface area contributed by atoms with Gasteiger partial charge in [0.2, 0.25) is 11.8 Å². The van der Waals surface area contributed by atoms with E-state index in [1.807, 2.05) is 36.4 Å². The maximum Gasteiger partial charge on any atom is 0.262 e. The number of carbonyl (C=O) groups excluding carboxylic acids is 4. The lowest BCUT2D eigenvalue weighted by molar-refractivity contribution is -0.136. The van der Waals surface area contributed by atoms with E-state index in [0.717, 1.165) is 24.5 Å². The fourth-order valence-corrected chi connectivity index (χ4v) is 5.22. The van der Waals surface area contributed by atoms with E-state index < -0.39 is 29.7 Å². The largest absolute Gasteiger partial charge is 0.295 e. The van der Waals surface area contributed by atoms with Crippen LogP contribution in [0.1, 0.15) is 33.6 Å². The van der Waals surface area contributed by atoms with E-state index in [0.29, 0.717) is 16.5 Å². The summed E-state index contributed by atoms with van der Waals surface area (Å²) in [6, 6.07) is 15.8. The Morgan fingerprint density at radius 1 is 0.903 bits per heavy atom. The normalized spacial score (nSPS) is 18.5. The van der Waals surface area contributed by atoms with Crippen molar-refractivity contribution >= 4 is 62.1 Å². The summed E-state index contributed by atoms with van der Waals surface area (Å²) < 4.78 is 0.985. The number of imide groups is 2. The minimum absolute atomic E-state index is 0.0906. The van der Waals surface area contributed by atoms with Crippen molar-refractivity contribution in [3.63, 3.8) is 0 Å². The number of nitrogens with zero attached hydrogens (tertiary/aromatic N) is 1. The molecule has 4 amide bonds. The molecule has 1 saturated heterocycles. The van der Waals surface area contributed by atoms with Gasteiger partial charge in [-0.2, -0.15) is 0 Å². The molecule has 1 N–H and O–H groups in total.